The summed E-state index contributed by atoms with van der Waals surface area (Å²) in [6.45, 7) is 8.04. The van der Waals surface area contributed by atoms with Gasteiger partial charge < -0.3 is 29.7 Å². The van der Waals surface area contributed by atoms with E-state index in [1.165, 1.54) is 4.90 Å². The number of allylic oxidation sites excluding steroid dienone is 1. The largest absolute Gasteiger partial charge is 0.488 e. The number of amides is 3. The predicted molar refractivity (Wildman–Crippen MR) is 203 cm³/mol. The molecule has 6 rings (SSSR count). The standard InChI is InChI=1S/C42H50N4O7/c1-4-7-19-34-39(48)46-27-31(24-36(46)38(47)45-42(26-30(42)5-2)40(49)51-6-3)53-37-25-35(29-17-13-11-14-18-29)43-33-21-20-28(23-32(33)37)16-12-9-8-10-15-22-52-41(50)44-34/h5,11-14,16-18,20-21,23,25,30-31,34,36H,2,4,6-10,15,19,22,24,26-27H2,1,3H3,(H,44,50)(H,45,47)/b16-12+/t30-,31-,34+,36+,42-/m1/s1. The number of pyridine rings is 1. The summed E-state index contributed by atoms with van der Waals surface area (Å²) in [6, 6.07) is 15.9. The van der Waals surface area contributed by atoms with Crippen LogP contribution in [0.15, 0.2) is 73.3 Å². The highest BCUT2D eigenvalue weighted by atomic mass is 16.5. The van der Waals surface area contributed by atoms with Gasteiger partial charge in [0, 0.05) is 29.4 Å². The summed E-state index contributed by atoms with van der Waals surface area (Å²) < 4.78 is 17.6. The molecular weight excluding hydrogens is 672 g/mol. The predicted octanol–water partition coefficient (Wildman–Crippen LogP) is 6.75. The van der Waals surface area contributed by atoms with Crippen molar-refractivity contribution in [1.29, 1.82) is 0 Å². The van der Waals surface area contributed by atoms with Gasteiger partial charge in [0.1, 0.15) is 29.5 Å². The fourth-order valence-electron chi connectivity index (χ4n) is 7.26. The first kappa shape index (κ1) is 37.6. The van der Waals surface area contributed by atoms with Gasteiger partial charge in [-0.3, -0.25) is 9.59 Å². The molecule has 0 spiro atoms. The lowest BCUT2D eigenvalue weighted by atomic mass is 10.1. The van der Waals surface area contributed by atoms with Crippen molar-refractivity contribution in [2.45, 2.75) is 95.4 Å². The van der Waals surface area contributed by atoms with Gasteiger partial charge in [-0.05, 0) is 63.1 Å². The Morgan fingerprint density at radius 1 is 1.11 bits per heavy atom. The number of hydrogen-bond donors (Lipinski definition) is 2. The minimum atomic E-state index is -1.24. The fraction of sp³-hybridized carbons (Fsp3) is 0.452. The molecule has 0 radical (unpaired) electrons. The molecule has 3 amide bonds. The van der Waals surface area contributed by atoms with Crippen molar-refractivity contribution in [2.75, 3.05) is 19.8 Å². The van der Waals surface area contributed by atoms with E-state index < -0.39 is 47.6 Å². The van der Waals surface area contributed by atoms with Gasteiger partial charge in [-0.25, -0.2) is 14.6 Å². The normalized spacial score (nSPS) is 25.4. The number of fused-ring (bicyclic) bond motifs is 3. The molecule has 53 heavy (non-hydrogen) atoms. The van der Waals surface area contributed by atoms with Crippen LogP contribution in [0.25, 0.3) is 28.2 Å². The Morgan fingerprint density at radius 3 is 2.70 bits per heavy atom. The van der Waals surface area contributed by atoms with Crippen molar-refractivity contribution in [2.24, 2.45) is 5.92 Å². The van der Waals surface area contributed by atoms with Crippen LogP contribution in [0.4, 0.5) is 4.79 Å². The van der Waals surface area contributed by atoms with Crippen molar-refractivity contribution in [1.82, 2.24) is 20.5 Å². The summed E-state index contributed by atoms with van der Waals surface area (Å²) in [4.78, 5) is 61.2. The maximum absolute atomic E-state index is 14.5. The van der Waals surface area contributed by atoms with Crippen molar-refractivity contribution in [3.63, 3.8) is 0 Å². The molecule has 2 aromatic carbocycles. The molecular formula is C42H50N4O7. The Balaban J connectivity index is 1.38. The number of ether oxygens (including phenoxy) is 3. The maximum Gasteiger partial charge on any atom is 0.407 e. The summed E-state index contributed by atoms with van der Waals surface area (Å²) in [6.07, 6.45) is 10.4. The Bertz CT molecular complexity index is 1850. The number of hydrogen-bond acceptors (Lipinski definition) is 8. The Morgan fingerprint density at radius 2 is 1.94 bits per heavy atom. The maximum atomic E-state index is 14.5. The van der Waals surface area contributed by atoms with E-state index in [0.717, 1.165) is 53.4 Å². The molecule has 3 aromatic rings. The average Bonchev–Trinajstić information content (AvgIpc) is 3.72. The lowest BCUT2D eigenvalue weighted by Crippen LogP contribution is -2.56. The number of carbonyl (C=O) groups is 4. The van der Waals surface area contributed by atoms with Gasteiger partial charge in [-0.15, -0.1) is 6.58 Å². The smallest absolute Gasteiger partial charge is 0.407 e. The Labute approximate surface area is 311 Å². The number of aromatic nitrogens is 1. The summed E-state index contributed by atoms with van der Waals surface area (Å²) in [5.41, 5.74) is 2.16. The van der Waals surface area contributed by atoms with Crippen molar-refractivity contribution < 1.29 is 33.4 Å². The number of alkyl carbamates (subject to hydrolysis) is 1. The van der Waals surface area contributed by atoms with Gasteiger partial charge in [0.15, 0.2) is 0 Å². The third kappa shape index (κ3) is 8.72. The molecule has 2 fully saturated rings. The van der Waals surface area contributed by atoms with Gasteiger partial charge in [-0.2, -0.15) is 0 Å². The third-order valence-corrected chi connectivity index (χ3v) is 10.3. The quantitative estimate of drug-likeness (QED) is 0.183. The van der Waals surface area contributed by atoms with Gasteiger partial charge >= 0.3 is 12.1 Å². The van der Waals surface area contributed by atoms with Crippen LogP contribution < -0.4 is 15.4 Å². The third-order valence-electron chi connectivity index (χ3n) is 10.3. The van der Waals surface area contributed by atoms with Crippen molar-refractivity contribution in [3.8, 4) is 17.0 Å². The molecule has 280 valence electrons. The molecule has 2 aliphatic heterocycles. The second-order valence-corrected chi connectivity index (χ2v) is 14.1. The Hall–Kier alpha value is -5.19. The zero-order valence-electron chi connectivity index (χ0n) is 30.7. The van der Waals surface area contributed by atoms with E-state index in [2.05, 4.69) is 35.4 Å². The van der Waals surface area contributed by atoms with Gasteiger partial charge in [-0.1, -0.05) is 74.4 Å². The number of esters is 1. The van der Waals surface area contributed by atoms with E-state index in [-0.39, 0.29) is 32.1 Å². The van der Waals surface area contributed by atoms with Crippen LogP contribution in [0, 0.1) is 5.92 Å². The zero-order valence-corrected chi connectivity index (χ0v) is 30.7. The number of unbranched alkanes of at least 4 members (excludes halogenated alkanes) is 1. The van der Waals surface area contributed by atoms with E-state index in [4.69, 9.17) is 19.2 Å². The number of carbonyl (C=O) groups excluding carboxylic acids is 4. The first-order valence-electron chi connectivity index (χ1n) is 18.9. The van der Waals surface area contributed by atoms with Crippen LogP contribution in [-0.2, 0) is 23.9 Å². The average molecular weight is 723 g/mol. The molecule has 4 bridgehead atoms. The lowest BCUT2D eigenvalue weighted by molar-refractivity contribution is -0.150. The highest BCUT2D eigenvalue weighted by Gasteiger charge is 2.62. The van der Waals surface area contributed by atoms with Gasteiger partial charge in [0.05, 0.1) is 31.0 Å². The first-order chi connectivity index (χ1) is 25.8. The number of nitrogens with zero attached hydrogens (tertiary/aromatic N) is 2. The summed E-state index contributed by atoms with van der Waals surface area (Å²) >= 11 is 0. The van der Waals surface area contributed by atoms with Gasteiger partial charge in [0.2, 0.25) is 11.8 Å². The topological polar surface area (TPSA) is 136 Å². The molecule has 11 heteroatoms. The minimum Gasteiger partial charge on any atom is -0.488 e. The number of cyclic esters (lactones) is 1. The fourth-order valence-corrected chi connectivity index (χ4v) is 7.26. The molecule has 0 unspecified atom stereocenters. The van der Waals surface area contributed by atoms with E-state index in [1.807, 2.05) is 55.5 Å². The van der Waals surface area contributed by atoms with E-state index in [1.54, 1.807) is 13.0 Å². The molecule has 1 saturated carbocycles. The second-order valence-electron chi connectivity index (χ2n) is 14.1. The second kappa shape index (κ2) is 17.1. The minimum absolute atomic E-state index is 0.0810. The molecule has 11 nitrogen and oxygen atoms in total. The summed E-state index contributed by atoms with van der Waals surface area (Å²) in [5, 5.41) is 6.55. The van der Waals surface area contributed by atoms with Crippen LogP contribution in [0.1, 0.15) is 77.2 Å². The SMILES string of the molecule is C=C[C@@H]1C[C@]1(NC(=O)[C@@H]1C[C@@H]2CN1C(=O)[C@H](CCCC)NC(=O)OCCCCC/C=C/c1ccc3nc(-c4ccccc4)cc(c3c1)O2)C(=O)OCC. The number of rotatable bonds is 9. The van der Waals surface area contributed by atoms with Crippen LogP contribution in [0.2, 0.25) is 0 Å². The zero-order chi connectivity index (χ0) is 37.4. The monoisotopic (exact) mass is 722 g/mol. The lowest BCUT2D eigenvalue weighted by Gasteiger charge is -2.29. The van der Waals surface area contributed by atoms with Crippen LogP contribution >= 0.6 is 0 Å². The van der Waals surface area contributed by atoms with E-state index in [9.17, 15) is 19.2 Å². The molecule has 5 atom stereocenters. The molecule has 3 aliphatic rings. The summed E-state index contributed by atoms with van der Waals surface area (Å²) in [7, 11) is 0. The van der Waals surface area contributed by atoms with Crippen LogP contribution in [0.3, 0.4) is 0 Å². The van der Waals surface area contributed by atoms with Crippen LogP contribution in [-0.4, -0.2) is 77.2 Å². The molecule has 1 saturated heterocycles. The summed E-state index contributed by atoms with van der Waals surface area (Å²) in [5.74, 6) is -1.14. The molecule has 1 aromatic heterocycles. The van der Waals surface area contributed by atoms with Crippen LogP contribution in [0.5, 0.6) is 5.75 Å². The van der Waals surface area contributed by atoms with E-state index >= 15 is 0 Å². The molecule has 3 heterocycles. The van der Waals surface area contributed by atoms with E-state index in [0.29, 0.717) is 31.4 Å². The molecule has 1 aliphatic carbocycles. The number of nitrogens with one attached hydrogen (secondary N) is 2. The highest BCUT2D eigenvalue weighted by molar-refractivity contribution is 5.97. The van der Waals surface area contributed by atoms with Gasteiger partial charge in [0.25, 0.3) is 0 Å². The first-order valence-corrected chi connectivity index (χ1v) is 18.9. The number of benzene rings is 2. The molecule has 2 N–H and O–H groups in total. The van der Waals surface area contributed by atoms with Crippen molar-refractivity contribution in [3.05, 3.63) is 78.9 Å². The Kier molecular flexibility index (Phi) is 12.1. The highest BCUT2D eigenvalue weighted by Crippen LogP contribution is 2.46. The van der Waals surface area contributed by atoms with Crippen molar-refractivity contribution >= 4 is 40.9 Å².